The van der Waals surface area contributed by atoms with Crippen molar-refractivity contribution in [2.24, 2.45) is 11.8 Å². The van der Waals surface area contributed by atoms with Gasteiger partial charge in [-0.1, -0.05) is 69.3 Å². The number of aromatic nitrogens is 4. The topological polar surface area (TPSA) is 197 Å². The highest BCUT2D eigenvalue weighted by Gasteiger charge is 2.40. The fraction of sp³-hybridized carbons (Fsp3) is 0.450. The summed E-state index contributed by atoms with van der Waals surface area (Å²) < 4.78 is 4.71. The molecule has 2 aliphatic rings. The van der Waals surface area contributed by atoms with Gasteiger partial charge in [0.25, 0.3) is 0 Å². The van der Waals surface area contributed by atoms with E-state index in [1.54, 1.807) is 29.1 Å². The van der Waals surface area contributed by atoms with E-state index in [4.69, 9.17) is 4.74 Å². The molecule has 6 rings (SSSR count). The monoisotopic (exact) mass is 754 g/mol. The lowest BCUT2D eigenvalue weighted by Gasteiger charge is -2.33. The van der Waals surface area contributed by atoms with Crippen LogP contribution in [0.2, 0.25) is 0 Å². The summed E-state index contributed by atoms with van der Waals surface area (Å²) in [6.45, 7) is 6.21. The zero-order valence-electron chi connectivity index (χ0n) is 31.9. The molecule has 5 atom stereocenters. The van der Waals surface area contributed by atoms with Gasteiger partial charge in [0, 0.05) is 32.7 Å². The number of rotatable bonds is 12. The Morgan fingerprint density at radius 1 is 0.818 bits per heavy atom. The van der Waals surface area contributed by atoms with Gasteiger partial charge in [-0.25, -0.2) is 19.6 Å². The quantitative estimate of drug-likeness (QED) is 0.125. The Kier molecular flexibility index (Phi) is 11.9. The minimum Gasteiger partial charge on any atom is -0.465 e. The highest BCUT2D eigenvalue weighted by molar-refractivity contribution is 5.87. The molecule has 55 heavy (non-hydrogen) atoms. The second-order valence-electron chi connectivity index (χ2n) is 14.8. The van der Waals surface area contributed by atoms with Gasteiger partial charge in [0.15, 0.2) is 0 Å². The summed E-state index contributed by atoms with van der Waals surface area (Å²) in [5.74, 6) is 0.179. The summed E-state index contributed by atoms with van der Waals surface area (Å²) in [5, 5.41) is 21.9. The van der Waals surface area contributed by atoms with Gasteiger partial charge >= 0.3 is 12.2 Å². The highest BCUT2D eigenvalue weighted by Crippen LogP contribution is 2.35. The van der Waals surface area contributed by atoms with Crippen LogP contribution in [-0.2, 0) is 14.3 Å². The summed E-state index contributed by atoms with van der Waals surface area (Å²) >= 11 is 0. The molecule has 2 aromatic carbocycles. The van der Waals surface area contributed by atoms with Crippen molar-refractivity contribution < 1.29 is 34.1 Å². The minimum atomic E-state index is -1.13. The van der Waals surface area contributed by atoms with E-state index in [0.29, 0.717) is 24.7 Å². The molecule has 4 heterocycles. The Morgan fingerprint density at radius 3 is 1.69 bits per heavy atom. The number of likely N-dealkylation sites (N-methyl/N-ethyl adjacent to an activating group) is 1. The molecule has 4 amide bonds. The number of H-pyrrole nitrogens is 2. The van der Waals surface area contributed by atoms with Gasteiger partial charge in [0.2, 0.25) is 11.8 Å². The molecule has 4 aromatic rings. The predicted octanol–water partition coefficient (Wildman–Crippen LogP) is 5.45. The summed E-state index contributed by atoms with van der Waals surface area (Å²) in [7, 11) is 2.68. The second kappa shape index (κ2) is 16.8. The molecule has 2 fully saturated rings. The van der Waals surface area contributed by atoms with Crippen LogP contribution < -0.4 is 5.32 Å². The van der Waals surface area contributed by atoms with E-state index in [1.807, 2.05) is 62.4 Å². The van der Waals surface area contributed by atoms with E-state index in [9.17, 15) is 29.4 Å². The first-order chi connectivity index (χ1) is 26.4. The number of benzene rings is 2. The number of hydrogen-bond acceptors (Lipinski definition) is 8. The first-order valence-electron chi connectivity index (χ1n) is 18.7. The number of imidazole rings is 2. The van der Waals surface area contributed by atoms with Gasteiger partial charge in [-0.3, -0.25) is 14.5 Å². The third-order valence-electron chi connectivity index (χ3n) is 10.8. The van der Waals surface area contributed by atoms with E-state index >= 15 is 0 Å². The summed E-state index contributed by atoms with van der Waals surface area (Å²) in [6, 6.07) is 14.0. The number of carbonyl (C=O) groups excluding carboxylic acids is 3. The van der Waals surface area contributed by atoms with Crippen LogP contribution in [0.15, 0.2) is 60.9 Å². The van der Waals surface area contributed by atoms with Crippen LogP contribution in [0.3, 0.4) is 0 Å². The first-order valence-corrected chi connectivity index (χ1v) is 18.7. The fourth-order valence-electron chi connectivity index (χ4n) is 7.72. The minimum absolute atomic E-state index is 0.178. The van der Waals surface area contributed by atoms with Gasteiger partial charge in [-0.2, -0.15) is 0 Å². The number of hydrogen-bond donors (Lipinski definition) is 5. The van der Waals surface area contributed by atoms with Gasteiger partial charge in [-0.05, 0) is 53.9 Å². The Hall–Kier alpha value is -5.70. The average molecular weight is 755 g/mol. The summed E-state index contributed by atoms with van der Waals surface area (Å²) in [5.41, 5.74) is 5.59. The standard InChI is InChI=1S/C40H50N8O7/c1-23(2)34(46(4)40(53)54)38(51)48-19-7-9-32(48)36-42-21-30(44-36)28-16-12-26(13-17-28)25-10-14-27(15-11-25)29-20-41-35(43-29)31-8-6-18-47(31)37(50)33(24(3)22-49)45-39(52)55-5/h10-17,20-21,23-24,31-34,49H,6-9,18-19,22H2,1-5H3,(H,41,43)(H,42,44)(H,45,52)(H,53,54)/t24-,31?,32+,33+,34+/m1/s1. The van der Waals surface area contributed by atoms with Crippen molar-refractivity contribution in [2.45, 2.75) is 70.6 Å². The second-order valence-corrected chi connectivity index (χ2v) is 14.8. The highest BCUT2D eigenvalue weighted by atomic mass is 16.5. The van der Waals surface area contributed by atoms with E-state index < -0.39 is 30.2 Å². The zero-order chi connectivity index (χ0) is 39.4. The molecular formula is C40H50N8O7. The van der Waals surface area contributed by atoms with Gasteiger partial charge in [-0.15, -0.1) is 0 Å². The van der Waals surface area contributed by atoms with Crippen molar-refractivity contribution in [3.8, 4) is 33.6 Å². The maximum absolute atomic E-state index is 13.6. The van der Waals surface area contributed by atoms with Crippen molar-refractivity contribution >= 4 is 24.0 Å². The number of likely N-dealkylation sites (tertiary alicyclic amines) is 2. The Bertz CT molecular complexity index is 1970. The molecule has 0 aliphatic carbocycles. The third kappa shape index (κ3) is 8.21. The van der Waals surface area contributed by atoms with Crippen LogP contribution in [0.4, 0.5) is 9.59 Å². The number of aromatic amines is 2. The van der Waals surface area contributed by atoms with Crippen LogP contribution in [-0.4, -0.2) is 115 Å². The number of aliphatic hydroxyl groups is 1. The number of nitrogens with zero attached hydrogens (tertiary/aromatic N) is 5. The lowest BCUT2D eigenvalue weighted by Crippen LogP contribution is -2.52. The van der Waals surface area contributed by atoms with Crippen molar-refractivity contribution in [1.82, 2.24) is 40.0 Å². The molecule has 0 bridgehead atoms. The van der Waals surface area contributed by atoms with E-state index in [-0.39, 0.29) is 36.4 Å². The Labute approximate surface area is 320 Å². The number of carboxylic acid groups (broad SMARTS) is 1. The lowest BCUT2D eigenvalue weighted by molar-refractivity contribution is -0.138. The molecule has 1 unspecified atom stereocenters. The van der Waals surface area contributed by atoms with Gasteiger partial charge in [0.05, 0.1) is 43.0 Å². The van der Waals surface area contributed by atoms with E-state index in [0.717, 1.165) is 64.2 Å². The first kappa shape index (κ1) is 39.0. The molecule has 292 valence electrons. The van der Waals surface area contributed by atoms with E-state index in [1.165, 1.54) is 14.2 Å². The van der Waals surface area contributed by atoms with Crippen molar-refractivity contribution in [3.05, 3.63) is 72.6 Å². The van der Waals surface area contributed by atoms with Gasteiger partial charge < -0.3 is 40.0 Å². The maximum Gasteiger partial charge on any atom is 0.407 e. The van der Waals surface area contributed by atoms with Crippen LogP contribution >= 0.6 is 0 Å². The largest absolute Gasteiger partial charge is 0.465 e. The molecule has 5 N–H and O–H groups in total. The van der Waals surface area contributed by atoms with Crippen LogP contribution in [0.25, 0.3) is 33.6 Å². The SMILES string of the molecule is COC(=O)N[C@H](C(=O)N1CCCC1c1ncc(-c2ccc(-c3ccc(-c4cnc([C@@H]5CCCN5C(=O)[C@H](C(C)C)N(C)C(=O)O)[nH]4)cc3)cc2)[nH]1)[C@H](C)CO. The molecule has 2 aliphatic heterocycles. The molecule has 2 saturated heterocycles. The Morgan fingerprint density at radius 2 is 1.27 bits per heavy atom. The predicted molar refractivity (Wildman–Crippen MR) is 204 cm³/mol. The smallest absolute Gasteiger partial charge is 0.407 e. The van der Waals surface area contributed by atoms with Crippen LogP contribution in [0.5, 0.6) is 0 Å². The molecule has 15 heteroatoms. The molecular weight excluding hydrogens is 704 g/mol. The van der Waals surface area contributed by atoms with Crippen LogP contribution in [0.1, 0.15) is 70.2 Å². The number of methoxy groups -OCH3 is 1. The maximum atomic E-state index is 13.6. The lowest BCUT2D eigenvalue weighted by atomic mass is 10.0. The summed E-state index contributed by atoms with van der Waals surface area (Å²) in [6.07, 6.45) is 4.74. The van der Waals surface area contributed by atoms with Gasteiger partial charge in [0.1, 0.15) is 23.7 Å². The van der Waals surface area contributed by atoms with Crippen molar-refractivity contribution in [1.29, 1.82) is 0 Å². The van der Waals surface area contributed by atoms with Crippen LogP contribution in [0, 0.1) is 11.8 Å². The molecule has 2 aromatic heterocycles. The van der Waals surface area contributed by atoms with E-state index in [2.05, 4.69) is 25.3 Å². The number of alkyl carbamates (subject to hydrolysis) is 1. The number of carbonyl (C=O) groups is 4. The number of ether oxygens (including phenoxy) is 1. The summed E-state index contributed by atoms with van der Waals surface area (Å²) in [4.78, 5) is 71.5. The fourth-order valence-corrected chi connectivity index (χ4v) is 7.72. The third-order valence-corrected chi connectivity index (χ3v) is 10.8. The number of amides is 4. The Balaban J connectivity index is 1.11. The van der Waals surface area contributed by atoms with Crippen molar-refractivity contribution in [3.63, 3.8) is 0 Å². The number of aliphatic hydroxyl groups excluding tert-OH is 1. The number of nitrogens with one attached hydrogen (secondary N) is 3. The average Bonchev–Trinajstić information content (AvgIpc) is 4.03. The molecule has 0 radical (unpaired) electrons. The molecule has 15 nitrogen and oxygen atoms in total. The zero-order valence-corrected chi connectivity index (χ0v) is 31.9. The molecule has 0 saturated carbocycles. The normalized spacial score (nSPS) is 18.6. The van der Waals surface area contributed by atoms with Crippen molar-refractivity contribution in [2.75, 3.05) is 33.9 Å². The molecule has 0 spiro atoms.